The Bertz CT molecular complexity index is 550. The molecule has 4 heteroatoms. The van der Waals surface area contributed by atoms with Crippen molar-refractivity contribution in [3.8, 4) is 5.75 Å². The standard InChI is InChI=1S/C25H40O4/c1-2-3-4-5-6-7-8-9-10-11-12-13-14-15-16-17-24(27)29-25(28)22-18-20-23(26)21-19-22/h18-21,26H,2-17H2,1H3. The van der Waals surface area contributed by atoms with Crippen molar-refractivity contribution in [2.24, 2.45) is 0 Å². The molecule has 0 aliphatic heterocycles. The third-order valence-electron chi connectivity index (χ3n) is 5.29. The molecule has 0 fully saturated rings. The highest BCUT2D eigenvalue weighted by atomic mass is 16.6. The van der Waals surface area contributed by atoms with Gasteiger partial charge in [-0.1, -0.05) is 96.8 Å². The molecule has 0 amide bonds. The largest absolute Gasteiger partial charge is 0.508 e. The average Bonchev–Trinajstić information content (AvgIpc) is 2.71. The molecule has 0 aromatic heterocycles. The highest BCUT2D eigenvalue weighted by molar-refractivity contribution is 5.96. The molecule has 0 aliphatic carbocycles. The van der Waals surface area contributed by atoms with Crippen molar-refractivity contribution in [2.75, 3.05) is 0 Å². The van der Waals surface area contributed by atoms with Crippen LogP contribution in [0.15, 0.2) is 24.3 Å². The summed E-state index contributed by atoms with van der Waals surface area (Å²) in [7, 11) is 0. The van der Waals surface area contributed by atoms with E-state index in [0.29, 0.717) is 0 Å². The summed E-state index contributed by atoms with van der Waals surface area (Å²) in [5, 5.41) is 9.20. The van der Waals surface area contributed by atoms with Gasteiger partial charge in [0, 0.05) is 6.42 Å². The van der Waals surface area contributed by atoms with E-state index in [-0.39, 0.29) is 17.7 Å². The molecular formula is C25H40O4. The lowest BCUT2D eigenvalue weighted by molar-refractivity contribution is -0.138. The third-order valence-corrected chi connectivity index (χ3v) is 5.29. The zero-order chi connectivity index (χ0) is 21.2. The quantitative estimate of drug-likeness (QED) is 0.168. The van der Waals surface area contributed by atoms with Crippen LogP contribution in [0.5, 0.6) is 5.75 Å². The number of hydrogen-bond donors (Lipinski definition) is 1. The minimum absolute atomic E-state index is 0.0747. The van der Waals surface area contributed by atoms with Crippen molar-refractivity contribution in [1.82, 2.24) is 0 Å². The number of carbonyl (C=O) groups is 2. The minimum Gasteiger partial charge on any atom is -0.508 e. The van der Waals surface area contributed by atoms with Crippen molar-refractivity contribution in [3.63, 3.8) is 0 Å². The van der Waals surface area contributed by atoms with Crippen molar-refractivity contribution in [3.05, 3.63) is 29.8 Å². The Kier molecular flexibility index (Phi) is 14.8. The molecule has 1 aromatic rings. The average molecular weight is 405 g/mol. The van der Waals surface area contributed by atoms with Crippen molar-refractivity contribution in [2.45, 2.75) is 110 Å². The molecule has 1 aromatic carbocycles. The van der Waals surface area contributed by atoms with Crippen LogP contribution in [0.1, 0.15) is 120 Å². The molecule has 0 unspecified atom stereocenters. The Morgan fingerprint density at radius 1 is 0.690 bits per heavy atom. The van der Waals surface area contributed by atoms with Gasteiger partial charge in [-0.25, -0.2) is 4.79 Å². The van der Waals surface area contributed by atoms with Crippen LogP contribution in [0.25, 0.3) is 0 Å². The molecule has 0 heterocycles. The predicted molar refractivity (Wildman–Crippen MR) is 118 cm³/mol. The number of unbranched alkanes of at least 4 members (excludes halogenated alkanes) is 14. The van der Waals surface area contributed by atoms with Crippen molar-refractivity contribution >= 4 is 11.9 Å². The van der Waals surface area contributed by atoms with Gasteiger partial charge >= 0.3 is 11.9 Å². The molecule has 0 spiro atoms. The number of ether oxygens (including phenoxy) is 1. The van der Waals surface area contributed by atoms with E-state index in [1.807, 2.05) is 0 Å². The molecule has 0 radical (unpaired) electrons. The SMILES string of the molecule is CCCCCCCCCCCCCCCCCC(=O)OC(=O)c1ccc(O)cc1. The summed E-state index contributed by atoms with van der Waals surface area (Å²) < 4.78 is 4.84. The van der Waals surface area contributed by atoms with Gasteiger partial charge in [-0.2, -0.15) is 0 Å². The van der Waals surface area contributed by atoms with E-state index < -0.39 is 11.9 Å². The first-order valence-electron chi connectivity index (χ1n) is 11.7. The van der Waals surface area contributed by atoms with E-state index >= 15 is 0 Å². The van der Waals surface area contributed by atoms with Crippen LogP contribution in [-0.4, -0.2) is 17.0 Å². The maximum absolute atomic E-state index is 11.8. The number of benzene rings is 1. The lowest BCUT2D eigenvalue weighted by atomic mass is 10.0. The van der Waals surface area contributed by atoms with E-state index in [1.165, 1.54) is 101 Å². The molecule has 0 bridgehead atoms. The van der Waals surface area contributed by atoms with E-state index in [1.54, 1.807) is 0 Å². The zero-order valence-corrected chi connectivity index (χ0v) is 18.3. The maximum atomic E-state index is 11.8. The number of phenols is 1. The van der Waals surface area contributed by atoms with E-state index in [0.717, 1.165) is 19.3 Å². The molecule has 0 aliphatic rings. The van der Waals surface area contributed by atoms with E-state index in [9.17, 15) is 14.7 Å². The van der Waals surface area contributed by atoms with Gasteiger partial charge in [0.15, 0.2) is 0 Å². The Balaban J connectivity index is 1.87. The Hall–Kier alpha value is -1.84. The predicted octanol–water partition coefficient (Wildman–Crippen LogP) is 7.34. The zero-order valence-electron chi connectivity index (χ0n) is 18.3. The lowest BCUT2D eigenvalue weighted by Crippen LogP contribution is -2.12. The Morgan fingerprint density at radius 3 is 1.55 bits per heavy atom. The second-order valence-electron chi connectivity index (χ2n) is 8.01. The molecular weight excluding hydrogens is 364 g/mol. The summed E-state index contributed by atoms with van der Waals surface area (Å²) in [4.78, 5) is 23.5. The van der Waals surface area contributed by atoms with Crippen molar-refractivity contribution in [1.29, 1.82) is 0 Å². The van der Waals surface area contributed by atoms with Crippen LogP contribution in [0.3, 0.4) is 0 Å². The Morgan fingerprint density at radius 2 is 1.10 bits per heavy atom. The van der Waals surface area contributed by atoms with Gasteiger partial charge in [0.05, 0.1) is 5.56 Å². The number of carbonyl (C=O) groups excluding carboxylic acids is 2. The summed E-state index contributed by atoms with van der Waals surface area (Å²) in [6.45, 7) is 2.26. The van der Waals surface area contributed by atoms with Crippen LogP contribution in [-0.2, 0) is 9.53 Å². The fourth-order valence-electron chi connectivity index (χ4n) is 3.45. The van der Waals surface area contributed by atoms with Crippen molar-refractivity contribution < 1.29 is 19.4 Å². The van der Waals surface area contributed by atoms with Gasteiger partial charge in [0.1, 0.15) is 5.75 Å². The van der Waals surface area contributed by atoms with Gasteiger partial charge in [0.25, 0.3) is 0 Å². The second kappa shape index (κ2) is 17.1. The molecule has 29 heavy (non-hydrogen) atoms. The highest BCUT2D eigenvalue weighted by Gasteiger charge is 2.12. The van der Waals surface area contributed by atoms with Crippen LogP contribution in [0.4, 0.5) is 0 Å². The third kappa shape index (κ3) is 13.9. The van der Waals surface area contributed by atoms with Gasteiger partial charge in [-0.3, -0.25) is 4.79 Å². The van der Waals surface area contributed by atoms with Gasteiger partial charge in [-0.15, -0.1) is 0 Å². The molecule has 164 valence electrons. The fourth-order valence-corrected chi connectivity index (χ4v) is 3.45. The number of hydrogen-bond acceptors (Lipinski definition) is 4. The molecule has 0 saturated carbocycles. The Labute approximate surface area is 177 Å². The first kappa shape index (κ1) is 25.2. The summed E-state index contributed by atoms with van der Waals surface area (Å²) in [5.74, 6) is -1.06. The second-order valence-corrected chi connectivity index (χ2v) is 8.01. The fraction of sp³-hybridized carbons (Fsp3) is 0.680. The maximum Gasteiger partial charge on any atom is 0.345 e. The van der Waals surface area contributed by atoms with Crippen LogP contribution in [0, 0.1) is 0 Å². The van der Waals surface area contributed by atoms with E-state index in [2.05, 4.69) is 6.92 Å². The number of esters is 2. The smallest absolute Gasteiger partial charge is 0.345 e. The summed E-state index contributed by atoms with van der Waals surface area (Å²) in [5.41, 5.74) is 0.271. The number of phenolic OH excluding ortho intramolecular Hbond substituents is 1. The summed E-state index contributed by atoms with van der Waals surface area (Å²) in [6.07, 6.45) is 19.4. The molecule has 1 N–H and O–H groups in total. The van der Waals surface area contributed by atoms with Crippen LogP contribution in [0.2, 0.25) is 0 Å². The molecule has 4 nitrogen and oxygen atoms in total. The topological polar surface area (TPSA) is 63.6 Å². The summed E-state index contributed by atoms with van der Waals surface area (Å²) in [6, 6.07) is 5.68. The monoisotopic (exact) mass is 404 g/mol. The highest BCUT2D eigenvalue weighted by Crippen LogP contribution is 2.14. The summed E-state index contributed by atoms with van der Waals surface area (Å²) >= 11 is 0. The normalized spacial score (nSPS) is 10.8. The van der Waals surface area contributed by atoms with Gasteiger partial charge < -0.3 is 9.84 Å². The number of aromatic hydroxyl groups is 1. The molecule has 1 rings (SSSR count). The van der Waals surface area contributed by atoms with Crippen LogP contribution < -0.4 is 0 Å². The minimum atomic E-state index is -0.657. The molecule has 0 saturated heterocycles. The van der Waals surface area contributed by atoms with Gasteiger partial charge in [-0.05, 0) is 30.7 Å². The first-order valence-corrected chi connectivity index (χ1v) is 11.7. The van der Waals surface area contributed by atoms with E-state index in [4.69, 9.17) is 4.74 Å². The van der Waals surface area contributed by atoms with Gasteiger partial charge in [0.2, 0.25) is 0 Å². The lowest BCUT2D eigenvalue weighted by Gasteiger charge is -2.04. The first-order chi connectivity index (χ1) is 14.1. The number of rotatable bonds is 17. The van der Waals surface area contributed by atoms with Crippen LogP contribution >= 0.6 is 0 Å². The molecule has 0 atom stereocenters.